The highest BCUT2D eigenvalue weighted by Crippen LogP contribution is 2.24. The summed E-state index contributed by atoms with van der Waals surface area (Å²) in [6.07, 6.45) is 0. The molecule has 7 nitrogen and oxygen atoms in total. The number of carbonyl (C=O) groups is 2. The van der Waals surface area contributed by atoms with E-state index in [1.807, 2.05) is 26.0 Å². The molecule has 3 rings (SSSR count). The van der Waals surface area contributed by atoms with Gasteiger partial charge in [0.15, 0.2) is 12.4 Å². The summed E-state index contributed by atoms with van der Waals surface area (Å²) in [5, 5.41) is 3.84. The number of piperazine rings is 1. The lowest BCUT2D eigenvalue weighted by atomic mass is 10.1. The Bertz CT molecular complexity index is 840. The van der Waals surface area contributed by atoms with E-state index in [1.54, 1.807) is 23.2 Å². The van der Waals surface area contributed by atoms with Crippen LogP contribution in [-0.4, -0.2) is 59.6 Å². The zero-order valence-corrected chi connectivity index (χ0v) is 17.8. The number of thiophene rings is 1. The number of carbonyl (C=O) groups excluding carboxylic acids is 2. The van der Waals surface area contributed by atoms with Gasteiger partial charge in [-0.25, -0.2) is 4.79 Å². The molecule has 2 aromatic heterocycles. The van der Waals surface area contributed by atoms with Crippen molar-refractivity contribution in [2.45, 2.75) is 33.2 Å². The third-order valence-corrected chi connectivity index (χ3v) is 5.89. The van der Waals surface area contributed by atoms with E-state index in [2.05, 4.69) is 10.1 Å². The molecule has 1 amide bonds. The van der Waals surface area contributed by atoms with Crippen LogP contribution in [0.4, 0.5) is 0 Å². The summed E-state index contributed by atoms with van der Waals surface area (Å²) in [7, 11) is 0. The van der Waals surface area contributed by atoms with Crippen LogP contribution in [0.15, 0.2) is 16.7 Å². The number of aryl methyl sites for hydroxylation is 1. The van der Waals surface area contributed by atoms with E-state index in [1.165, 1.54) is 4.88 Å². The molecular weight excluding hydrogens is 402 g/mol. The topological polar surface area (TPSA) is 75.9 Å². The van der Waals surface area contributed by atoms with Crippen molar-refractivity contribution in [1.82, 2.24) is 15.0 Å². The van der Waals surface area contributed by atoms with Crippen molar-refractivity contribution >= 4 is 34.8 Å². The smallest absolute Gasteiger partial charge is 0.344 e. The van der Waals surface area contributed by atoms with Gasteiger partial charge in [-0.2, -0.15) is 0 Å². The van der Waals surface area contributed by atoms with Gasteiger partial charge in [-0.05, 0) is 19.1 Å². The minimum Gasteiger partial charge on any atom is -0.452 e. The fourth-order valence-electron chi connectivity index (χ4n) is 3.13. The molecule has 0 aliphatic carbocycles. The van der Waals surface area contributed by atoms with Gasteiger partial charge in [0.1, 0.15) is 5.56 Å². The van der Waals surface area contributed by atoms with E-state index < -0.39 is 5.97 Å². The quantitative estimate of drug-likeness (QED) is 0.661. The molecule has 0 bridgehead atoms. The van der Waals surface area contributed by atoms with Crippen molar-refractivity contribution in [3.8, 4) is 0 Å². The molecule has 9 heteroatoms. The summed E-state index contributed by atoms with van der Waals surface area (Å²) in [5.41, 5.74) is 0.797. The second-order valence-corrected chi connectivity index (χ2v) is 8.90. The van der Waals surface area contributed by atoms with Gasteiger partial charge >= 0.3 is 5.97 Å². The van der Waals surface area contributed by atoms with Crippen LogP contribution in [0.25, 0.3) is 0 Å². The second-order valence-electron chi connectivity index (χ2n) is 7.10. The first-order valence-electron chi connectivity index (χ1n) is 9.22. The lowest BCUT2D eigenvalue weighted by Crippen LogP contribution is -2.49. The third kappa shape index (κ3) is 4.92. The van der Waals surface area contributed by atoms with Crippen LogP contribution in [0.3, 0.4) is 0 Å². The first kappa shape index (κ1) is 20.8. The highest BCUT2D eigenvalue weighted by molar-refractivity contribution is 7.16. The second kappa shape index (κ2) is 9.07. The van der Waals surface area contributed by atoms with Crippen LogP contribution in [-0.2, 0) is 16.1 Å². The molecule has 1 aliphatic heterocycles. The number of esters is 1. The predicted molar refractivity (Wildman–Crippen MR) is 107 cm³/mol. The maximum atomic E-state index is 12.4. The van der Waals surface area contributed by atoms with Crippen LogP contribution in [0.5, 0.6) is 0 Å². The lowest BCUT2D eigenvalue weighted by Gasteiger charge is -2.34. The van der Waals surface area contributed by atoms with Crippen LogP contribution in [0.2, 0.25) is 4.34 Å². The Labute approximate surface area is 173 Å². The minimum atomic E-state index is -0.566. The zero-order chi connectivity index (χ0) is 20.3. The van der Waals surface area contributed by atoms with Gasteiger partial charge in [0, 0.05) is 43.5 Å². The summed E-state index contributed by atoms with van der Waals surface area (Å²) in [4.78, 5) is 30.0. The van der Waals surface area contributed by atoms with Crippen LogP contribution >= 0.6 is 22.9 Å². The summed E-state index contributed by atoms with van der Waals surface area (Å²) in [5.74, 6) is -0.264. The summed E-state index contributed by atoms with van der Waals surface area (Å²) in [6.45, 7) is 8.83. The Morgan fingerprint density at radius 2 is 2.00 bits per heavy atom. The Morgan fingerprint density at radius 1 is 1.29 bits per heavy atom. The Hall–Kier alpha value is -1.90. The minimum absolute atomic E-state index is 0.00533. The molecule has 0 unspecified atom stereocenters. The van der Waals surface area contributed by atoms with Gasteiger partial charge in [0.05, 0.1) is 10.0 Å². The van der Waals surface area contributed by atoms with Crippen molar-refractivity contribution < 1.29 is 18.8 Å². The molecule has 3 heterocycles. The molecular formula is C19H24ClN3O4S. The maximum absolute atomic E-state index is 12.4. The monoisotopic (exact) mass is 425 g/mol. The van der Waals surface area contributed by atoms with Gasteiger partial charge in [-0.15, -0.1) is 11.3 Å². The third-order valence-electron chi connectivity index (χ3n) is 4.68. The molecule has 1 fully saturated rings. The normalized spacial score (nSPS) is 15.2. The first-order chi connectivity index (χ1) is 13.3. The van der Waals surface area contributed by atoms with Crippen molar-refractivity contribution in [1.29, 1.82) is 0 Å². The number of rotatable bonds is 6. The Balaban J connectivity index is 1.47. The van der Waals surface area contributed by atoms with Gasteiger partial charge < -0.3 is 14.2 Å². The van der Waals surface area contributed by atoms with Gasteiger partial charge in [-0.1, -0.05) is 30.6 Å². The summed E-state index contributed by atoms with van der Waals surface area (Å²) < 4.78 is 11.2. The van der Waals surface area contributed by atoms with Crippen LogP contribution in [0, 0.1) is 6.92 Å². The van der Waals surface area contributed by atoms with E-state index in [9.17, 15) is 9.59 Å². The maximum Gasteiger partial charge on any atom is 0.344 e. The number of halogens is 1. The largest absolute Gasteiger partial charge is 0.452 e. The highest BCUT2D eigenvalue weighted by atomic mass is 35.5. The number of ether oxygens (including phenoxy) is 1. The molecule has 2 aromatic rings. The SMILES string of the molecule is Cc1noc(C(C)C)c1C(=O)OCC(=O)N1CCN(Cc2ccc(Cl)s2)CC1. The Kier molecular flexibility index (Phi) is 6.74. The van der Waals surface area contributed by atoms with E-state index in [-0.39, 0.29) is 18.4 Å². The molecule has 28 heavy (non-hydrogen) atoms. The summed E-state index contributed by atoms with van der Waals surface area (Å²) in [6, 6.07) is 3.93. The van der Waals surface area contributed by atoms with E-state index in [4.69, 9.17) is 20.9 Å². The van der Waals surface area contributed by atoms with Crippen molar-refractivity contribution in [2.24, 2.45) is 0 Å². The van der Waals surface area contributed by atoms with E-state index in [0.29, 0.717) is 30.1 Å². The molecule has 0 saturated carbocycles. The molecule has 1 aliphatic rings. The van der Waals surface area contributed by atoms with Crippen LogP contribution < -0.4 is 0 Å². The Morgan fingerprint density at radius 3 is 2.61 bits per heavy atom. The van der Waals surface area contributed by atoms with Crippen molar-refractivity contribution in [3.63, 3.8) is 0 Å². The first-order valence-corrected chi connectivity index (χ1v) is 10.4. The lowest BCUT2D eigenvalue weighted by molar-refractivity contribution is -0.136. The number of hydrogen-bond donors (Lipinski definition) is 0. The van der Waals surface area contributed by atoms with Crippen LogP contribution in [0.1, 0.15) is 46.5 Å². The number of hydrogen-bond acceptors (Lipinski definition) is 7. The van der Waals surface area contributed by atoms with Gasteiger partial charge in [0.25, 0.3) is 5.91 Å². The van der Waals surface area contributed by atoms with Crippen molar-refractivity contribution in [2.75, 3.05) is 32.8 Å². The van der Waals surface area contributed by atoms with E-state index >= 15 is 0 Å². The fourth-order valence-corrected chi connectivity index (χ4v) is 4.26. The molecule has 0 N–H and O–H groups in total. The average molecular weight is 426 g/mol. The standard InChI is InChI=1S/C19H24ClN3O4S/c1-12(2)18-17(13(3)21-27-18)19(25)26-11-16(24)23-8-6-22(7-9-23)10-14-4-5-15(20)28-14/h4-5,12H,6-11H2,1-3H3. The van der Waals surface area contributed by atoms with E-state index in [0.717, 1.165) is 24.0 Å². The number of amides is 1. The molecule has 0 spiro atoms. The molecule has 0 radical (unpaired) electrons. The van der Waals surface area contributed by atoms with Gasteiger partial charge in [0.2, 0.25) is 0 Å². The highest BCUT2D eigenvalue weighted by Gasteiger charge is 2.26. The summed E-state index contributed by atoms with van der Waals surface area (Å²) >= 11 is 7.55. The number of nitrogens with zero attached hydrogens (tertiary/aromatic N) is 3. The molecule has 1 saturated heterocycles. The van der Waals surface area contributed by atoms with Crippen molar-refractivity contribution in [3.05, 3.63) is 38.4 Å². The zero-order valence-electron chi connectivity index (χ0n) is 16.2. The molecule has 152 valence electrons. The number of aromatic nitrogens is 1. The predicted octanol–water partition coefficient (Wildman–Crippen LogP) is 3.32. The molecule has 0 atom stereocenters. The van der Waals surface area contributed by atoms with Gasteiger partial charge in [-0.3, -0.25) is 9.69 Å². The molecule has 0 aromatic carbocycles. The average Bonchev–Trinajstić information content (AvgIpc) is 3.25. The fraction of sp³-hybridized carbons (Fsp3) is 0.526.